The lowest BCUT2D eigenvalue weighted by Crippen LogP contribution is -2.52. The topological polar surface area (TPSA) is 119 Å². The Morgan fingerprint density at radius 3 is 2.64 bits per heavy atom. The number of hydrogen-bond acceptors (Lipinski definition) is 7. The van der Waals surface area contributed by atoms with Crippen molar-refractivity contribution >= 4 is 28.8 Å². The van der Waals surface area contributed by atoms with Crippen molar-refractivity contribution in [2.24, 2.45) is 10.4 Å². The van der Waals surface area contributed by atoms with Crippen molar-refractivity contribution in [2.75, 3.05) is 18.5 Å². The second-order valence-corrected chi connectivity index (χ2v) is 11.8. The number of benzene rings is 1. The van der Waals surface area contributed by atoms with Gasteiger partial charge in [-0.2, -0.15) is 0 Å². The van der Waals surface area contributed by atoms with Gasteiger partial charge in [-0.15, -0.1) is 0 Å². The van der Waals surface area contributed by atoms with Crippen LogP contribution >= 0.6 is 0 Å². The third kappa shape index (κ3) is 4.56. The molecule has 9 nitrogen and oxygen atoms in total. The summed E-state index contributed by atoms with van der Waals surface area (Å²) in [5, 5.41) is 9.72. The van der Waals surface area contributed by atoms with Crippen molar-refractivity contribution in [3.05, 3.63) is 76.4 Å². The molecular weight excluding hydrogens is 544 g/mol. The highest BCUT2D eigenvalue weighted by Crippen LogP contribution is 2.61. The summed E-state index contributed by atoms with van der Waals surface area (Å²) in [6.07, 6.45) is 6.06. The van der Waals surface area contributed by atoms with Crippen molar-refractivity contribution in [1.29, 1.82) is 0 Å². The van der Waals surface area contributed by atoms with E-state index in [1.54, 1.807) is 6.07 Å². The summed E-state index contributed by atoms with van der Waals surface area (Å²) in [6, 6.07) is 4.35. The minimum absolute atomic E-state index is 0.145. The first-order chi connectivity index (χ1) is 20.2. The van der Waals surface area contributed by atoms with Crippen molar-refractivity contribution in [3.63, 3.8) is 0 Å². The van der Waals surface area contributed by atoms with Crippen LogP contribution in [0.2, 0.25) is 0 Å². The largest absolute Gasteiger partial charge is 0.493 e. The predicted molar refractivity (Wildman–Crippen MR) is 149 cm³/mol. The molecule has 2 aromatic heterocycles. The fourth-order valence-electron chi connectivity index (χ4n) is 6.25. The molecule has 1 spiro atoms. The first kappa shape index (κ1) is 26.5. The molecule has 7 rings (SSSR count). The minimum Gasteiger partial charge on any atom is -0.493 e. The van der Waals surface area contributed by atoms with Gasteiger partial charge in [0, 0.05) is 46.2 Å². The van der Waals surface area contributed by atoms with Crippen LogP contribution in [0.1, 0.15) is 78.7 Å². The maximum atomic E-state index is 15.3. The number of amides is 2. The molecule has 2 fully saturated rings. The van der Waals surface area contributed by atoms with E-state index in [2.05, 4.69) is 25.8 Å². The summed E-state index contributed by atoms with van der Waals surface area (Å²) < 4.78 is 40.5. The molecule has 2 saturated carbocycles. The SMILES string of the molecule is CC1=NCC(C)=C1c1ncc(NC(=O)[C@@H](NC(=O)c2conc2C2CC2)C2c3ccc(F)cc3OCC23CC3)cc1F. The quantitative estimate of drug-likeness (QED) is 0.403. The smallest absolute Gasteiger partial charge is 0.257 e. The van der Waals surface area contributed by atoms with E-state index in [0.29, 0.717) is 34.8 Å². The molecule has 0 saturated heterocycles. The Kier molecular flexibility index (Phi) is 6.21. The molecule has 0 radical (unpaired) electrons. The van der Waals surface area contributed by atoms with Gasteiger partial charge in [0.2, 0.25) is 5.91 Å². The van der Waals surface area contributed by atoms with Crippen LogP contribution in [0.25, 0.3) is 5.57 Å². The molecule has 11 heteroatoms. The standard InChI is InChI=1S/C31H29F2N5O4/c1-15-11-34-16(2)24(15)27-22(33)10-19(12-35-27)36-30(40)28(37-29(39)21-13-42-38-26(21)17-3-4-17)25-20-6-5-18(32)9-23(20)41-14-31(25)7-8-31/h5-6,9-10,12-13,17,25,28H,3-4,7-8,11,14H2,1-2H3,(H,36,40)(H,37,39)/t25?,28-/m0/s1. The summed E-state index contributed by atoms with van der Waals surface area (Å²) in [4.78, 5) is 36.3. The van der Waals surface area contributed by atoms with Crippen molar-refractivity contribution < 1.29 is 27.6 Å². The number of carbonyl (C=O) groups excluding carboxylic acids is 2. The highest BCUT2D eigenvalue weighted by atomic mass is 19.1. The number of rotatable bonds is 7. The number of fused-ring (bicyclic) bond motifs is 1. The summed E-state index contributed by atoms with van der Waals surface area (Å²) >= 11 is 0. The first-order valence-corrected chi connectivity index (χ1v) is 14.1. The van der Waals surface area contributed by atoms with Crippen LogP contribution < -0.4 is 15.4 Å². The number of allylic oxidation sites excluding steroid dienone is 1. The monoisotopic (exact) mass is 573 g/mol. The Hall–Kier alpha value is -4.41. The Balaban J connectivity index is 1.23. The van der Waals surface area contributed by atoms with Crippen LogP contribution in [0.15, 0.2) is 51.8 Å². The highest BCUT2D eigenvalue weighted by Gasteiger charge is 2.58. The first-order valence-electron chi connectivity index (χ1n) is 14.1. The number of ether oxygens (including phenoxy) is 1. The number of aromatic nitrogens is 2. The van der Waals surface area contributed by atoms with Crippen LogP contribution in [0, 0.1) is 17.0 Å². The summed E-state index contributed by atoms with van der Waals surface area (Å²) in [7, 11) is 0. The number of hydrogen-bond donors (Lipinski definition) is 2. The van der Waals surface area contributed by atoms with Crippen LogP contribution in [-0.4, -0.2) is 46.9 Å². The average molecular weight is 574 g/mol. The number of pyridine rings is 1. The van der Waals surface area contributed by atoms with E-state index in [9.17, 15) is 14.0 Å². The molecule has 2 aliphatic heterocycles. The van der Waals surface area contributed by atoms with Crippen LogP contribution in [0.5, 0.6) is 5.75 Å². The second-order valence-electron chi connectivity index (χ2n) is 11.8. The molecule has 2 N–H and O–H groups in total. The molecule has 1 aromatic carbocycles. The highest BCUT2D eigenvalue weighted by molar-refractivity contribution is 6.24. The third-order valence-electron chi connectivity index (χ3n) is 8.77. The fraction of sp³-hybridized carbons (Fsp3) is 0.387. The lowest BCUT2D eigenvalue weighted by molar-refractivity contribution is -0.119. The van der Waals surface area contributed by atoms with Gasteiger partial charge < -0.3 is 19.9 Å². The van der Waals surface area contributed by atoms with E-state index in [4.69, 9.17) is 9.26 Å². The van der Waals surface area contributed by atoms with Crippen LogP contribution in [0.3, 0.4) is 0 Å². The Labute approximate surface area is 240 Å². The maximum Gasteiger partial charge on any atom is 0.257 e. The Bertz CT molecular complexity index is 1690. The molecule has 3 aromatic rings. The van der Waals surface area contributed by atoms with E-state index in [0.717, 1.165) is 31.3 Å². The minimum atomic E-state index is -1.09. The number of nitrogens with zero attached hydrogens (tertiary/aromatic N) is 3. The number of nitrogens with one attached hydrogen (secondary N) is 2. The van der Waals surface area contributed by atoms with Gasteiger partial charge in [0.05, 0.1) is 30.7 Å². The number of carbonyl (C=O) groups is 2. The summed E-state index contributed by atoms with van der Waals surface area (Å²) in [5.74, 6) is -2.13. The van der Waals surface area contributed by atoms with Gasteiger partial charge in [-0.25, -0.2) is 8.78 Å². The number of halogens is 2. The van der Waals surface area contributed by atoms with E-state index in [-0.39, 0.29) is 29.5 Å². The number of aliphatic imine (C=N–C) groups is 1. The van der Waals surface area contributed by atoms with Crippen LogP contribution in [-0.2, 0) is 4.79 Å². The lowest BCUT2D eigenvalue weighted by Gasteiger charge is -2.38. The van der Waals surface area contributed by atoms with Crippen molar-refractivity contribution in [2.45, 2.75) is 57.4 Å². The molecule has 2 amide bonds. The molecule has 4 aliphatic rings. The molecule has 42 heavy (non-hydrogen) atoms. The fourth-order valence-corrected chi connectivity index (χ4v) is 6.25. The van der Waals surface area contributed by atoms with E-state index in [1.165, 1.54) is 30.7 Å². The van der Waals surface area contributed by atoms with E-state index in [1.807, 2.05) is 13.8 Å². The predicted octanol–water partition coefficient (Wildman–Crippen LogP) is 5.17. The zero-order valence-corrected chi connectivity index (χ0v) is 23.2. The molecule has 1 unspecified atom stereocenters. The Morgan fingerprint density at radius 2 is 1.95 bits per heavy atom. The maximum absolute atomic E-state index is 15.3. The van der Waals surface area contributed by atoms with E-state index >= 15 is 4.39 Å². The molecule has 2 aliphatic carbocycles. The molecular formula is C31H29F2N5O4. The zero-order chi connectivity index (χ0) is 29.2. The zero-order valence-electron chi connectivity index (χ0n) is 23.2. The molecule has 4 heterocycles. The summed E-state index contributed by atoms with van der Waals surface area (Å²) in [6.45, 7) is 4.48. The third-order valence-corrected chi connectivity index (χ3v) is 8.77. The molecule has 2 atom stereocenters. The Morgan fingerprint density at radius 1 is 1.14 bits per heavy atom. The molecule has 216 valence electrons. The van der Waals surface area contributed by atoms with E-state index < -0.39 is 40.8 Å². The van der Waals surface area contributed by atoms with Gasteiger partial charge >= 0.3 is 0 Å². The van der Waals surface area contributed by atoms with Gasteiger partial charge in [-0.05, 0) is 51.2 Å². The van der Waals surface area contributed by atoms with Gasteiger partial charge in [-0.3, -0.25) is 19.6 Å². The lowest BCUT2D eigenvalue weighted by atomic mass is 9.75. The van der Waals surface area contributed by atoms with Gasteiger partial charge in [-0.1, -0.05) is 11.2 Å². The average Bonchev–Trinajstić information content (AvgIpc) is 3.88. The van der Waals surface area contributed by atoms with Crippen molar-refractivity contribution in [1.82, 2.24) is 15.5 Å². The van der Waals surface area contributed by atoms with Crippen LogP contribution in [0.4, 0.5) is 14.5 Å². The van der Waals surface area contributed by atoms with Gasteiger partial charge in [0.1, 0.15) is 35.1 Å². The van der Waals surface area contributed by atoms with Gasteiger partial charge in [0.25, 0.3) is 5.91 Å². The number of anilines is 1. The molecule has 0 bridgehead atoms. The summed E-state index contributed by atoms with van der Waals surface area (Å²) in [5.41, 5.74) is 3.68. The normalized spacial score (nSPS) is 21.0. The van der Waals surface area contributed by atoms with Crippen molar-refractivity contribution in [3.8, 4) is 5.75 Å². The van der Waals surface area contributed by atoms with Gasteiger partial charge in [0.15, 0.2) is 5.82 Å². The second kappa shape index (κ2) is 9.85.